The molecule has 8 nitrogen and oxygen atoms in total. The zero-order valence-electron chi connectivity index (χ0n) is 9.77. The van der Waals surface area contributed by atoms with Gasteiger partial charge < -0.3 is 5.11 Å². The second kappa shape index (κ2) is 4.97. The third kappa shape index (κ3) is 3.09. The van der Waals surface area contributed by atoms with Gasteiger partial charge in [0, 0.05) is 11.9 Å². The van der Waals surface area contributed by atoms with Gasteiger partial charge in [-0.1, -0.05) is 0 Å². The minimum Gasteiger partial charge on any atom is -0.481 e. The lowest BCUT2D eigenvalue weighted by atomic mass is 10.3. The fourth-order valence-corrected chi connectivity index (χ4v) is 3.69. The first kappa shape index (κ1) is 13.5. The van der Waals surface area contributed by atoms with Gasteiger partial charge in [-0.05, 0) is 12.1 Å². The molecule has 0 saturated carbocycles. The van der Waals surface area contributed by atoms with Crippen LogP contribution in [0.2, 0.25) is 0 Å². The van der Waals surface area contributed by atoms with Gasteiger partial charge in [0.25, 0.3) is 10.0 Å². The zero-order chi connectivity index (χ0) is 14.0. The molecule has 0 spiro atoms. The number of rotatable bonds is 5. The Morgan fingerprint density at radius 1 is 1.53 bits per heavy atom. The van der Waals surface area contributed by atoms with Crippen LogP contribution in [-0.4, -0.2) is 34.3 Å². The van der Waals surface area contributed by atoms with Crippen molar-refractivity contribution in [3.05, 3.63) is 23.3 Å². The van der Waals surface area contributed by atoms with Gasteiger partial charge in [-0.25, -0.2) is 17.8 Å². The van der Waals surface area contributed by atoms with E-state index in [9.17, 15) is 13.2 Å². The number of aliphatic carboxylic acids is 1. The van der Waals surface area contributed by atoms with E-state index in [2.05, 4.69) is 14.8 Å². The van der Waals surface area contributed by atoms with Crippen LogP contribution in [0.15, 0.2) is 22.7 Å². The number of nitrogens with zero attached hydrogens (tertiary/aromatic N) is 3. The highest BCUT2D eigenvalue weighted by Gasteiger charge is 2.19. The molecule has 2 rings (SSSR count). The molecule has 0 bridgehead atoms. The molecule has 0 saturated heterocycles. The van der Waals surface area contributed by atoms with Crippen LogP contribution in [-0.2, 0) is 28.3 Å². The van der Waals surface area contributed by atoms with Gasteiger partial charge in [-0.3, -0.25) is 4.79 Å². The number of thiophene rings is 1. The molecule has 0 aromatic carbocycles. The van der Waals surface area contributed by atoms with Crippen molar-refractivity contribution in [3.8, 4) is 0 Å². The average Bonchev–Trinajstić information content (AvgIpc) is 2.88. The number of carbonyl (C=O) groups is 1. The number of aryl methyl sites for hydroxylation is 1. The number of aromatic nitrogens is 3. The van der Waals surface area contributed by atoms with Crippen LogP contribution in [0, 0.1) is 0 Å². The summed E-state index contributed by atoms with van der Waals surface area (Å²) >= 11 is 0.907. The van der Waals surface area contributed by atoms with Gasteiger partial charge in [0.05, 0.1) is 6.42 Å². The molecule has 0 aliphatic heterocycles. The van der Waals surface area contributed by atoms with Gasteiger partial charge in [0.15, 0.2) is 0 Å². The molecule has 10 heteroatoms. The summed E-state index contributed by atoms with van der Waals surface area (Å²) in [6.07, 6.45) is 1.02. The molecule has 0 aliphatic rings. The number of carboxylic acid groups (broad SMARTS) is 1. The quantitative estimate of drug-likeness (QED) is 0.821. The number of anilines is 1. The summed E-state index contributed by atoms with van der Waals surface area (Å²) in [6, 6.07) is 2.84. The van der Waals surface area contributed by atoms with E-state index >= 15 is 0 Å². The van der Waals surface area contributed by atoms with Crippen LogP contribution < -0.4 is 4.72 Å². The van der Waals surface area contributed by atoms with Crippen LogP contribution >= 0.6 is 11.3 Å². The SMILES string of the molecule is Cn1ncnc1NS(=O)(=O)c1ccc(CC(=O)O)s1. The number of hydrogen-bond acceptors (Lipinski definition) is 6. The molecule has 2 N–H and O–H groups in total. The van der Waals surface area contributed by atoms with Crippen LogP contribution in [0.1, 0.15) is 4.88 Å². The summed E-state index contributed by atoms with van der Waals surface area (Å²) < 4.78 is 27.6. The highest BCUT2D eigenvalue weighted by Crippen LogP contribution is 2.23. The third-order valence-electron chi connectivity index (χ3n) is 2.16. The minimum atomic E-state index is -3.77. The lowest BCUT2D eigenvalue weighted by Gasteiger charge is -2.04. The Balaban J connectivity index is 2.22. The van der Waals surface area contributed by atoms with Crippen molar-refractivity contribution in [1.29, 1.82) is 0 Å². The molecule has 2 aromatic heterocycles. The summed E-state index contributed by atoms with van der Waals surface area (Å²) in [6.45, 7) is 0. The predicted molar refractivity (Wildman–Crippen MR) is 67.5 cm³/mol. The Labute approximate surface area is 112 Å². The number of nitrogens with one attached hydrogen (secondary N) is 1. The van der Waals surface area contributed by atoms with Crippen LogP contribution in [0.5, 0.6) is 0 Å². The van der Waals surface area contributed by atoms with E-state index in [4.69, 9.17) is 5.11 Å². The van der Waals surface area contributed by atoms with Crippen molar-refractivity contribution in [2.75, 3.05) is 4.72 Å². The summed E-state index contributed by atoms with van der Waals surface area (Å²) in [4.78, 5) is 14.8. The fourth-order valence-electron chi connectivity index (χ4n) is 1.31. The van der Waals surface area contributed by atoms with Gasteiger partial charge in [-0.2, -0.15) is 10.1 Å². The molecule has 102 valence electrons. The van der Waals surface area contributed by atoms with E-state index in [1.165, 1.54) is 23.1 Å². The van der Waals surface area contributed by atoms with Crippen molar-refractivity contribution in [2.24, 2.45) is 7.05 Å². The Morgan fingerprint density at radius 2 is 2.26 bits per heavy atom. The number of carboxylic acids is 1. The Hall–Kier alpha value is -1.94. The van der Waals surface area contributed by atoms with Crippen molar-refractivity contribution in [1.82, 2.24) is 14.8 Å². The van der Waals surface area contributed by atoms with Crippen molar-refractivity contribution < 1.29 is 18.3 Å². The Morgan fingerprint density at radius 3 is 2.84 bits per heavy atom. The van der Waals surface area contributed by atoms with Crippen LogP contribution in [0.4, 0.5) is 5.95 Å². The second-order valence-electron chi connectivity index (χ2n) is 3.60. The normalized spacial score (nSPS) is 11.4. The second-order valence-corrected chi connectivity index (χ2v) is 6.68. The highest BCUT2D eigenvalue weighted by atomic mass is 32.2. The zero-order valence-corrected chi connectivity index (χ0v) is 11.4. The van der Waals surface area contributed by atoms with E-state index < -0.39 is 16.0 Å². The maximum Gasteiger partial charge on any atom is 0.308 e. The van der Waals surface area contributed by atoms with E-state index in [-0.39, 0.29) is 16.6 Å². The Kier molecular flexibility index (Phi) is 3.53. The topological polar surface area (TPSA) is 114 Å². The standard InChI is InChI=1S/C9H10N4O4S2/c1-13-9(10-5-11-13)12-19(16,17)8-3-2-6(18-8)4-7(14)15/h2-3,5H,4H2,1H3,(H,14,15)(H,10,11,12). The van der Waals surface area contributed by atoms with Crippen molar-refractivity contribution >= 4 is 33.3 Å². The molecule has 0 fully saturated rings. The van der Waals surface area contributed by atoms with Crippen LogP contribution in [0.25, 0.3) is 0 Å². The minimum absolute atomic E-state index is 0.0340. The number of hydrogen-bond donors (Lipinski definition) is 2. The first-order chi connectivity index (χ1) is 8.88. The highest BCUT2D eigenvalue weighted by molar-refractivity contribution is 7.94. The maximum absolute atomic E-state index is 12.0. The van der Waals surface area contributed by atoms with Gasteiger partial charge >= 0.3 is 5.97 Å². The van der Waals surface area contributed by atoms with E-state index in [0.29, 0.717) is 4.88 Å². The first-order valence-corrected chi connectivity index (χ1v) is 7.36. The summed E-state index contributed by atoms with van der Waals surface area (Å²) in [7, 11) is -2.22. The molecular weight excluding hydrogens is 292 g/mol. The average molecular weight is 302 g/mol. The molecule has 0 radical (unpaired) electrons. The molecule has 0 amide bonds. The summed E-state index contributed by atoms with van der Waals surface area (Å²) in [5.41, 5.74) is 0. The van der Waals surface area contributed by atoms with Gasteiger partial charge in [0.1, 0.15) is 10.5 Å². The summed E-state index contributed by atoms with van der Waals surface area (Å²) in [5, 5.41) is 12.4. The van der Waals surface area contributed by atoms with Gasteiger partial charge in [-0.15, -0.1) is 11.3 Å². The number of sulfonamides is 1. The maximum atomic E-state index is 12.0. The monoisotopic (exact) mass is 302 g/mol. The first-order valence-electron chi connectivity index (χ1n) is 5.06. The lowest BCUT2D eigenvalue weighted by Crippen LogP contribution is -2.15. The van der Waals surface area contributed by atoms with E-state index in [1.54, 1.807) is 7.05 Å². The Bertz CT molecular complexity index is 703. The summed E-state index contributed by atoms with van der Waals surface area (Å²) in [5.74, 6) is -0.916. The molecule has 2 heterocycles. The van der Waals surface area contributed by atoms with Crippen molar-refractivity contribution in [3.63, 3.8) is 0 Å². The van der Waals surface area contributed by atoms with Gasteiger partial charge in [0.2, 0.25) is 5.95 Å². The molecule has 0 aliphatic carbocycles. The lowest BCUT2D eigenvalue weighted by molar-refractivity contribution is -0.136. The molecule has 0 unspecified atom stereocenters. The third-order valence-corrected chi connectivity index (χ3v) is 5.07. The van der Waals surface area contributed by atoms with E-state index in [0.717, 1.165) is 11.3 Å². The van der Waals surface area contributed by atoms with Crippen LogP contribution in [0.3, 0.4) is 0 Å². The van der Waals surface area contributed by atoms with E-state index in [1.807, 2.05) is 0 Å². The molecule has 2 aromatic rings. The molecular formula is C9H10N4O4S2. The largest absolute Gasteiger partial charge is 0.481 e. The molecule has 0 atom stereocenters. The smallest absolute Gasteiger partial charge is 0.308 e. The van der Waals surface area contributed by atoms with Crippen molar-refractivity contribution in [2.45, 2.75) is 10.6 Å². The molecule has 19 heavy (non-hydrogen) atoms. The predicted octanol–water partition coefficient (Wildman–Crippen LogP) is 0.304. The fraction of sp³-hybridized carbons (Fsp3) is 0.222.